The Morgan fingerprint density at radius 2 is 1.71 bits per heavy atom. The van der Waals surface area contributed by atoms with Crippen LogP contribution in [0, 0.1) is 23.6 Å². The first kappa shape index (κ1) is 25.0. The van der Waals surface area contributed by atoms with Crippen LogP contribution in [0.25, 0.3) is 0 Å². The summed E-state index contributed by atoms with van der Waals surface area (Å²) in [5.41, 5.74) is 0.882. The number of hydrogen-bond donors (Lipinski definition) is 2. The monoisotopic (exact) mass is 499 g/mol. The first-order valence-electron chi connectivity index (χ1n) is 10.8. The number of ether oxygens (including phenoxy) is 1. The van der Waals surface area contributed by atoms with Crippen molar-refractivity contribution >= 4 is 11.7 Å². The predicted octanol–water partition coefficient (Wildman–Crippen LogP) is 2.88. The number of carboxylic acid groups (broad SMARTS) is 1. The average molecular weight is 499 g/mol. The quantitative estimate of drug-likeness (QED) is 0.608. The summed E-state index contributed by atoms with van der Waals surface area (Å²) in [5, 5.41) is 11.5. The zero-order valence-corrected chi connectivity index (χ0v) is 17.9. The summed E-state index contributed by atoms with van der Waals surface area (Å²) in [6, 6.07) is 0.886. The number of carboxylic acids is 1. The minimum Gasteiger partial charge on any atom is -0.480 e. The van der Waals surface area contributed by atoms with Gasteiger partial charge in [-0.2, -0.15) is 26.3 Å². The second kappa shape index (κ2) is 9.15. The second-order valence-corrected chi connectivity index (χ2v) is 8.97. The lowest BCUT2D eigenvalue weighted by atomic mass is 9.84. The molecule has 3 aliphatic heterocycles. The van der Waals surface area contributed by atoms with Crippen LogP contribution >= 0.6 is 0 Å². The topological polar surface area (TPSA) is 65.0 Å². The lowest BCUT2D eigenvalue weighted by Crippen LogP contribution is -2.53. The normalized spacial score (nSPS) is 28.5. The molecule has 3 heterocycles. The van der Waals surface area contributed by atoms with Crippen molar-refractivity contribution in [1.82, 2.24) is 10.2 Å². The van der Waals surface area contributed by atoms with E-state index in [2.05, 4.69) is 5.32 Å². The van der Waals surface area contributed by atoms with Crippen LogP contribution in [0.15, 0.2) is 18.2 Å². The molecule has 4 rings (SSSR count). The fourth-order valence-corrected chi connectivity index (χ4v) is 5.37. The molecule has 0 spiro atoms. The minimum atomic E-state index is -5.59. The van der Waals surface area contributed by atoms with Gasteiger partial charge in [0.2, 0.25) is 0 Å². The van der Waals surface area contributed by atoms with Gasteiger partial charge in [0.05, 0.1) is 13.2 Å². The van der Waals surface area contributed by atoms with E-state index in [-0.39, 0.29) is 25.2 Å². The molecule has 0 bridgehead atoms. The van der Waals surface area contributed by atoms with Crippen molar-refractivity contribution < 1.29 is 45.4 Å². The lowest BCUT2D eigenvalue weighted by molar-refractivity contribution is -0.293. The minimum absolute atomic E-state index is 0.0516. The van der Waals surface area contributed by atoms with E-state index in [0.717, 1.165) is 0 Å². The van der Waals surface area contributed by atoms with E-state index in [9.17, 15) is 40.6 Å². The van der Waals surface area contributed by atoms with Crippen molar-refractivity contribution in [2.24, 2.45) is 17.8 Å². The number of rotatable bonds is 5. The Kier molecular flexibility index (Phi) is 6.73. The highest BCUT2D eigenvalue weighted by Crippen LogP contribution is 2.48. The predicted molar refractivity (Wildman–Crippen MR) is 106 cm³/mol. The zero-order chi connectivity index (χ0) is 24.8. The molecule has 3 fully saturated rings. The van der Waals surface area contributed by atoms with Gasteiger partial charge in [0.15, 0.2) is 5.92 Å². The van der Waals surface area contributed by atoms with Crippen LogP contribution in [0.3, 0.4) is 0 Å². The fourth-order valence-electron chi connectivity index (χ4n) is 5.37. The van der Waals surface area contributed by atoms with E-state index < -0.39 is 54.0 Å². The van der Waals surface area contributed by atoms with Crippen LogP contribution in [0.4, 0.5) is 36.4 Å². The smallest absolute Gasteiger partial charge is 0.402 e. The van der Waals surface area contributed by atoms with Gasteiger partial charge in [-0.3, -0.25) is 9.69 Å². The van der Waals surface area contributed by atoms with Gasteiger partial charge in [-0.25, -0.2) is 4.39 Å². The Morgan fingerprint density at radius 1 is 1.09 bits per heavy atom. The van der Waals surface area contributed by atoms with Gasteiger partial charge < -0.3 is 20.1 Å². The number of aliphatic carboxylic acids is 1. The van der Waals surface area contributed by atoms with Gasteiger partial charge in [-0.1, -0.05) is 6.07 Å². The molecule has 34 heavy (non-hydrogen) atoms. The van der Waals surface area contributed by atoms with E-state index in [4.69, 9.17) is 4.74 Å². The number of fused-ring (bicyclic) bond motifs is 1. The summed E-state index contributed by atoms with van der Waals surface area (Å²) in [6.07, 6.45) is -11.2. The molecule has 3 aliphatic rings. The van der Waals surface area contributed by atoms with E-state index in [0.29, 0.717) is 32.0 Å². The van der Waals surface area contributed by atoms with E-state index in [1.165, 1.54) is 17.0 Å². The van der Waals surface area contributed by atoms with Crippen molar-refractivity contribution in [3.63, 3.8) is 0 Å². The van der Waals surface area contributed by atoms with Crippen LogP contribution < -0.4 is 10.2 Å². The Balaban J connectivity index is 1.52. The first-order chi connectivity index (χ1) is 15.9. The van der Waals surface area contributed by atoms with Crippen molar-refractivity contribution in [3.05, 3.63) is 29.6 Å². The third-order valence-corrected chi connectivity index (χ3v) is 6.89. The Bertz CT molecular complexity index is 891. The number of alkyl halides is 6. The molecule has 0 aliphatic carbocycles. The van der Waals surface area contributed by atoms with Gasteiger partial charge in [-0.15, -0.1) is 0 Å². The summed E-state index contributed by atoms with van der Waals surface area (Å²) in [6.45, 7) is 1.90. The third-order valence-electron chi connectivity index (χ3n) is 6.89. The second-order valence-electron chi connectivity index (χ2n) is 8.97. The number of nitrogens with one attached hydrogen (secondary N) is 1. The summed E-state index contributed by atoms with van der Waals surface area (Å²) in [4.78, 5) is 15.1. The van der Waals surface area contributed by atoms with E-state index >= 15 is 0 Å². The summed E-state index contributed by atoms with van der Waals surface area (Å²) < 4.78 is 100. The molecule has 0 aromatic heterocycles. The Morgan fingerprint density at radius 3 is 2.26 bits per heavy atom. The van der Waals surface area contributed by atoms with E-state index in [1.807, 2.05) is 4.90 Å². The molecule has 0 saturated carbocycles. The van der Waals surface area contributed by atoms with Gasteiger partial charge in [0, 0.05) is 55.9 Å². The fraction of sp³-hybridized carbons (Fsp3) is 0.667. The number of benzene rings is 1. The van der Waals surface area contributed by atoms with Crippen molar-refractivity contribution in [1.29, 1.82) is 0 Å². The largest absolute Gasteiger partial charge is 0.480 e. The van der Waals surface area contributed by atoms with Crippen molar-refractivity contribution in [2.75, 3.05) is 44.3 Å². The molecule has 2 N–H and O–H groups in total. The molecule has 4 atom stereocenters. The van der Waals surface area contributed by atoms with Gasteiger partial charge in [0.25, 0.3) is 0 Å². The standard InChI is InChI=1S/C21H24F7N3O3/c22-15-7-12(31-3-5-34-6-4-31)2-1-11(15)8-30-9-13-14(10-30)17(19(32)33)29-16(13)18(20(23,24)25)21(26,27)28/h1-2,7,13-14,16-18,29H,3-6,8-10H2,(H,32,33). The third kappa shape index (κ3) is 4.96. The van der Waals surface area contributed by atoms with Crippen LogP contribution in [0.5, 0.6) is 0 Å². The van der Waals surface area contributed by atoms with E-state index in [1.54, 1.807) is 6.07 Å². The maximum Gasteiger partial charge on any atom is 0.402 e. The highest BCUT2D eigenvalue weighted by molar-refractivity contribution is 5.74. The zero-order valence-electron chi connectivity index (χ0n) is 17.9. The number of morpholine rings is 1. The molecule has 1 aromatic rings. The number of nitrogens with zero attached hydrogens (tertiary/aromatic N) is 2. The molecular formula is C21H24F7N3O3. The number of halogens is 7. The molecule has 0 amide bonds. The van der Waals surface area contributed by atoms with Crippen LogP contribution in [-0.4, -0.2) is 79.8 Å². The molecule has 4 unspecified atom stereocenters. The number of likely N-dealkylation sites (tertiary alicyclic amines) is 1. The molecule has 6 nitrogen and oxygen atoms in total. The van der Waals surface area contributed by atoms with Crippen molar-refractivity contribution in [2.45, 2.75) is 31.0 Å². The van der Waals surface area contributed by atoms with Crippen LogP contribution in [0.2, 0.25) is 0 Å². The van der Waals surface area contributed by atoms with Gasteiger partial charge >= 0.3 is 18.3 Å². The molecule has 0 radical (unpaired) electrons. The Hall–Kier alpha value is -2.12. The molecule has 190 valence electrons. The average Bonchev–Trinajstić information content (AvgIpc) is 3.28. The highest BCUT2D eigenvalue weighted by atomic mass is 19.4. The summed E-state index contributed by atoms with van der Waals surface area (Å²) in [7, 11) is 0. The Labute approximate surface area is 190 Å². The number of carbonyl (C=O) groups is 1. The maximum absolute atomic E-state index is 14.8. The van der Waals surface area contributed by atoms with Crippen LogP contribution in [-0.2, 0) is 16.1 Å². The van der Waals surface area contributed by atoms with Gasteiger partial charge in [0.1, 0.15) is 11.9 Å². The van der Waals surface area contributed by atoms with Gasteiger partial charge in [-0.05, 0) is 18.1 Å². The molecule has 1 aromatic carbocycles. The SMILES string of the molecule is O=C(O)C1NC(C(C(F)(F)F)C(F)(F)F)C2CN(Cc3ccc(N4CCOCC4)cc3F)CC12. The first-order valence-corrected chi connectivity index (χ1v) is 10.8. The maximum atomic E-state index is 14.8. The molecule has 13 heteroatoms. The molecule has 3 saturated heterocycles. The van der Waals surface area contributed by atoms with Crippen molar-refractivity contribution in [3.8, 4) is 0 Å². The highest BCUT2D eigenvalue weighted by Gasteiger charge is 2.66. The number of hydrogen-bond acceptors (Lipinski definition) is 5. The number of anilines is 1. The summed E-state index contributed by atoms with van der Waals surface area (Å²) in [5.74, 6) is -7.92. The van der Waals surface area contributed by atoms with Crippen LogP contribution in [0.1, 0.15) is 5.56 Å². The lowest BCUT2D eigenvalue weighted by Gasteiger charge is -2.32. The molecular weight excluding hydrogens is 475 g/mol. The summed E-state index contributed by atoms with van der Waals surface area (Å²) >= 11 is 0.